The molecule has 0 bridgehead atoms. The molecule has 0 aliphatic carbocycles. The maximum absolute atomic E-state index is 13.7. The van der Waals surface area contributed by atoms with Gasteiger partial charge in [0, 0.05) is 23.2 Å². The van der Waals surface area contributed by atoms with Crippen molar-refractivity contribution in [3.05, 3.63) is 114 Å². The number of aromatic nitrogens is 3. The van der Waals surface area contributed by atoms with Crippen molar-refractivity contribution in [3.63, 3.8) is 0 Å². The summed E-state index contributed by atoms with van der Waals surface area (Å²) >= 11 is 0. The zero-order valence-corrected chi connectivity index (χ0v) is 22.5. The number of fused-ring (bicyclic) bond motifs is 3. The number of halogens is 1. The van der Waals surface area contributed by atoms with Gasteiger partial charge >= 0.3 is 0 Å². The van der Waals surface area contributed by atoms with E-state index in [1.54, 1.807) is 0 Å². The van der Waals surface area contributed by atoms with Gasteiger partial charge in [0.1, 0.15) is 5.82 Å². The Kier molecular flexibility index (Phi) is 5.91. The lowest BCUT2D eigenvalue weighted by Crippen LogP contribution is -2.12. The van der Waals surface area contributed by atoms with Crippen LogP contribution in [0.2, 0.25) is 0 Å². The Balaban J connectivity index is 1.67. The molecule has 2 aromatic heterocycles. The van der Waals surface area contributed by atoms with E-state index in [9.17, 15) is 4.39 Å². The van der Waals surface area contributed by atoms with Gasteiger partial charge in [0.2, 0.25) is 5.95 Å². The summed E-state index contributed by atoms with van der Waals surface area (Å²) in [6.45, 7) is 11.1. The second kappa shape index (κ2) is 9.29. The highest BCUT2D eigenvalue weighted by atomic mass is 19.1. The van der Waals surface area contributed by atoms with Gasteiger partial charge in [0.05, 0.1) is 16.7 Å². The van der Waals surface area contributed by atoms with Crippen LogP contribution in [0.3, 0.4) is 0 Å². The topological polar surface area (TPSA) is 22.8 Å². The number of para-hydroxylation sites is 2. The first kappa shape index (κ1) is 24.2. The fourth-order valence-electron chi connectivity index (χ4n) is 5.68. The maximum Gasteiger partial charge on any atom is 0.219 e. The van der Waals surface area contributed by atoms with E-state index < -0.39 is 0 Å². The van der Waals surface area contributed by atoms with E-state index in [-0.39, 0.29) is 17.7 Å². The third-order valence-corrected chi connectivity index (χ3v) is 7.55. The first-order valence-electron chi connectivity index (χ1n) is 13.3. The van der Waals surface area contributed by atoms with Crippen LogP contribution in [0.15, 0.2) is 91.3 Å². The number of hydrogen-bond donors (Lipinski definition) is 0. The molecule has 0 aliphatic heterocycles. The standard InChI is InChI=1S/C34H32FN3/c1-21(2)29-19-25(24-13-15-26(35)16-14-24)20-30(22(3)4)33(29)37-18-17-36-34(37)38-31-12-7-6-10-27(31)28-11-8-9-23(5)32(28)38/h6-22H,1-5H3. The lowest BCUT2D eigenvalue weighted by atomic mass is 9.88. The van der Waals surface area contributed by atoms with Crippen molar-refractivity contribution in [2.45, 2.75) is 46.5 Å². The summed E-state index contributed by atoms with van der Waals surface area (Å²) in [5.74, 6) is 1.21. The van der Waals surface area contributed by atoms with Crippen LogP contribution >= 0.6 is 0 Å². The Morgan fingerprint density at radius 2 is 1.39 bits per heavy atom. The van der Waals surface area contributed by atoms with Gasteiger partial charge in [-0.05, 0) is 76.9 Å². The lowest BCUT2D eigenvalue weighted by Gasteiger charge is -2.24. The van der Waals surface area contributed by atoms with Crippen molar-refractivity contribution in [2.75, 3.05) is 0 Å². The van der Waals surface area contributed by atoms with Gasteiger partial charge < -0.3 is 0 Å². The van der Waals surface area contributed by atoms with Crippen molar-refractivity contribution < 1.29 is 4.39 Å². The van der Waals surface area contributed by atoms with Crippen LogP contribution in [-0.2, 0) is 0 Å². The summed E-state index contributed by atoms with van der Waals surface area (Å²) in [6.07, 6.45) is 3.98. The highest BCUT2D eigenvalue weighted by Crippen LogP contribution is 2.39. The van der Waals surface area contributed by atoms with E-state index in [0.717, 1.165) is 22.6 Å². The number of aryl methyl sites for hydroxylation is 1. The minimum Gasteiger partial charge on any atom is -0.285 e. The average molecular weight is 502 g/mol. The molecule has 0 saturated carbocycles. The van der Waals surface area contributed by atoms with E-state index in [1.165, 1.54) is 50.8 Å². The Morgan fingerprint density at radius 3 is 2.08 bits per heavy atom. The molecule has 0 saturated heterocycles. The highest BCUT2D eigenvalue weighted by Gasteiger charge is 2.23. The van der Waals surface area contributed by atoms with Gasteiger partial charge in [-0.15, -0.1) is 0 Å². The van der Waals surface area contributed by atoms with Crippen molar-refractivity contribution >= 4 is 21.8 Å². The zero-order chi connectivity index (χ0) is 26.6. The van der Waals surface area contributed by atoms with Crippen molar-refractivity contribution in [1.29, 1.82) is 0 Å². The summed E-state index contributed by atoms with van der Waals surface area (Å²) in [5, 5.41) is 2.45. The Hall–Kier alpha value is -4.18. The van der Waals surface area contributed by atoms with E-state index in [4.69, 9.17) is 4.98 Å². The molecule has 190 valence electrons. The Labute approximate surface area is 223 Å². The number of rotatable bonds is 5. The molecule has 3 nitrogen and oxygen atoms in total. The minimum atomic E-state index is -0.219. The van der Waals surface area contributed by atoms with E-state index in [2.05, 4.69) is 105 Å². The van der Waals surface area contributed by atoms with Gasteiger partial charge in [-0.3, -0.25) is 9.13 Å². The summed E-state index contributed by atoms with van der Waals surface area (Å²) in [5.41, 5.74) is 9.33. The molecule has 6 rings (SSSR count). The normalized spacial score (nSPS) is 11.9. The molecule has 0 fully saturated rings. The first-order chi connectivity index (χ1) is 18.3. The molecule has 0 atom stereocenters. The average Bonchev–Trinajstić information content (AvgIpc) is 3.51. The van der Waals surface area contributed by atoms with Crippen molar-refractivity contribution in [3.8, 4) is 22.8 Å². The Morgan fingerprint density at radius 1 is 0.737 bits per heavy atom. The second-order valence-electron chi connectivity index (χ2n) is 10.7. The predicted molar refractivity (Wildman–Crippen MR) is 156 cm³/mol. The summed E-state index contributed by atoms with van der Waals surface area (Å²) in [7, 11) is 0. The maximum atomic E-state index is 13.7. The molecule has 4 aromatic carbocycles. The van der Waals surface area contributed by atoms with Gasteiger partial charge in [-0.25, -0.2) is 9.37 Å². The molecule has 4 heteroatoms. The molecule has 0 N–H and O–H groups in total. The molecule has 0 aliphatic rings. The van der Waals surface area contributed by atoms with E-state index in [1.807, 2.05) is 18.3 Å². The third-order valence-electron chi connectivity index (χ3n) is 7.55. The SMILES string of the molecule is Cc1cccc2c3ccccc3n(-c3nccn3-c3c(C(C)C)cc(-c4ccc(F)cc4)cc3C(C)C)c12. The molecular formula is C34H32FN3. The quantitative estimate of drug-likeness (QED) is 0.231. The van der Waals surface area contributed by atoms with E-state index >= 15 is 0 Å². The highest BCUT2D eigenvalue weighted by molar-refractivity contribution is 6.10. The summed E-state index contributed by atoms with van der Waals surface area (Å²) in [4.78, 5) is 4.95. The monoisotopic (exact) mass is 501 g/mol. The van der Waals surface area contributed by atoms with Crippen LogP contribution < -0.4 is 0 Å². The van der Waals surface area contributed by atoms with Crippen LogP contribution in [0.5, 0.6) is 0 Å². The molecule has 0 unspecified atom stereocenters. The minimum absolute atomic E-state index is 0.219. The predicted octanol–water partition coefficient (Wildman–Crippen LogP) is 9.33. The van der Waals surface area contributed by atoms with Crippen molar-refractivity contribution in [1.82, 2.24) is 14.1 Å². The molecule has 0 radical (unpaired) electrons. The smallest absolute Gasteiger partial charge is 0.219 e. The van der Waals surface area contributed by atoms with Gasteiger partial charge in [0.15, 0.2) is 0 Å². The first-order valence-corrected chi connectivity index (χ1v) is 13.3. The fourth-order valence-corrected chi connectivity index (χ4v) is 5.68. The van der Waals surface area contributed by atoms with Crippen LogP contribution in [0.4, 0.5) is 4.39 Å². The zero-order valence-electron chi connectivity index (χ0n) is 22.5. The molecule has 38 heavy (non-hydrogen) atoms. The number of nitrogens with zero attached hydrogens (tertiary/aromatic N) is 3. The molecule has 6 aromatic rings. The van der Waals surface area contributed by atoms with Crippen LogP contribution in [0.1, 0.15) is 56.2 Å². The van der Waals surface area contributed by atoms with Gasteiger partial charge in [0.25, 0.3) is 0 Å². The molecule has 0 amide bonds. The third kappa shape index (κ3) is 3.83. The second-order valence-corrected chi connectivity index (χ2v) is 10.7. The van der Waals surface area contributed by atoms with Crippen LogP contribution in [0, 0.1) is 12.7 Å². The fraction of sp³-hybridized carbons (Fsp3) is 0.206. The van der Waals surface area contributed by atoms with Gasteiger partial charge in [-0.1, -0.05) is 76.2 Å². The molecular weight excluding hydrogens is 469 g/mol. The molecule has 2 heterocycles. The Bertz CT molecular complexity index is 1760. The number of benzene rings is 4. The van der Waals surface area contributed by atoms with Crippen molar-refractivity contribution in [2.24, 2.45) is 0 Å². The van der Waals surface area contributed by atoms with E-state index in [0.29, 0.717) is 0 Å². The lowest BCUT2D eigenvalue weighted by molar-refractivity contribution is 0.628. The van der Waals surface area contributed by atoms with Crippen LogP contribution in [0.25, 0.3) is 44.6 Å². The largest absolute Gasteiger partial charge is 0.285 e. The van der Waals surface area contributed by atoms with Gasteiger partial charge in [-0.2, -0.15) is 0 Å². The summed E-state index contributed by atoms with van der Waals surface area (Å²) in [6, 6.07) is 26.4. The number of hydrogen-bond acceptors (Lipinski definition) is 1. The number of imidazole rings is 1. The molecule has 0 spiro atoms. The summed E-state index contributed by atoms with van der Waals surface area (Å²) < 4.78 is 18.3. The van der Waals surface area contributed by atoms with Crippen LogP contribution in [-0.4, -0.2) is 14.1 Å².